The molecular formula is C10H11BrO. The average molecular weight is 227 g/mol. The number of carbonyl (C=O) groups excluding carboxylic acids is 1. The van der Waals surface area contributed by atoms with E-state index in [-0.39, 0.29) is 10.6 Å². The molecule has 1 rings (SSSR count). The number of ketones is 1. The number of alkyl halides is 1. The van der Waals surface area contributed by atoms with Crippen molar-refractivity contribution in [3.8, 4) is 0 Å². The molecule has 1 aromatic rings. The van der Waals surface area contributed by atoms with Crippen molar-refractivity contribution in [3.05, 3.63) is 35.4 Å². The van der Waals surface area contributed by atoms with Gasteiger partial charge in [0.25, 0.3) is 0 Å². The van der Waals surface area contributed by atoms with Crippen molar-refractivity contribution < 1.29 is 4.79 Å². The summed E-state index contributed by atoms with van der Waals surface area (Å²) in [5, 5.41) is 0. The lowest BCUT2D eigenvalue weighted by Gasteiger charge is -2.07. The highest BCUT2D eigenvalue weighted by Crippen LogP contribution is 2.25. The molecule has 0 saturated heterocycles. The minimum atomic E-state index is 0.122. The zero-order chi connectivity index (χ0) is 9.14. The van der Waals surface area contributed by atoms with Gasteiger partial charge >= 0.3 is 0 Å². The fourth-order valence-corrected chi connectivity index (χ4v) is 1.56. The van der Waals surface area contributed by atoms with E-state index in [1.165, 1.54) is 0 Å². The molecule has 1 unspecified atom stereocenters. The number of Topliss-reactive ketones (excluding diaryl/α,β-unsaturated/α-hetero) is 1. The van der Waals surface area contributed by atoms with Crippen molar-refractivity contribution in [3.63, 3.8) is 0 Å². The van der Waals surface area contributed by atoms with Gasteiger partial charge in [0.2, 0.25) is 0 Å². The fraction of sp³-hybridized carbons (Fsp3) is 0.300. The summed E-state index contributed by atoms with van der Waals surface area (Å²) in [4.78, 5) is 11.4. The third-order valence-electron chi connectivity index (χ3n) is 1.77. The van der Waals surface area contributed by atoms with Crippen LogP contribution in [0.5, 0.6) is 0 Å². The lowest BCUT2D eigenvalue weighted by molar-refractivity contribution is 0.101. The van der Waals surface area contributed by atoms with Gasteiger partial charge in [0.15, 0.2) is 5.78 Å². The van der Waals surface area contributed by atoms with Crippen LogP contribution in [0.25, 0.3) is 0 Å². The molecule has 0 N–H and O–H groups in total. The minimum absolute atomic E-state index is 0.122. The molecule has 0 aromatic heterocycles. The molecule has 64 valence electrons. The van der Waals surface area contributed by atoms with Crippen LogP contribution in [0.4, 0.5) is 0 Å². The highest BCUT2D eigenvalue weighted by Gasteiger charge is 2.09. The first-order valence-electron chi connectivity index (χ1n) is 3.87. The van der Waals surface area contributed by atoms with Gasteiger partial charge in [-0.05, 0) is 19.4 Å². The maximum atomic E-state index is 11.1. The molecular weight excluding hydrogens is 216 g/mol. The molecule has 0 saturated carbocycles. The smallest absolute Gasteiger partial charge is 0.160 e. The second-order valence-electron chi connectivity index (χ2n) is 2.76. The first-order chi connectivity index (χ1) is 5.63. The van der Waals surface area contributed by atoms with Crippen LogP contribution in [0.15, 0.2) is 24.3 Å². The molecule has 0 fully saturated rings. The second kappa shape index (κ2) is 3.85. The van der Waals surface area contributed by atoms with Crippen molar-refractivity contribution >= 4 is 21.7 Å². The van der Waals surface area contributed by atoms with E-state index in [1.54, 1.807) is 6.92 Å². The average Bonchev–Trinajstić information content (AvgIpc) is 2.04. The van der Waals surface area contributed by atoms with Gasteiger partial charge in [0.1, 0.15) is 0 Å². The Kier molecular flexibility index (Phi) is 3.04. The second-order valence-corrected chi connectivity index (χ2v) is 4.13. The van der Waals surface area contributed by atoms with E-state index < -0.39 is 0 Å². The molecule has 0 radical (unpaired) electrons. The van der Waals surface area contributed by atoms with Crippen molar-refractivity contribution in [2.45, 2.75) is 18.7 Å². The SMILES string of the molecule is CC(=O)c1ccccc1C(C)Br. The third kappa shape index (κ3) is 1.95. The van der Waals surface area contributed by atoms with E-state index >= 15 is 0 Å². The highest BCUT2D eigenvalue weighted by atomic mass is 79.9. The van der Waals surface area contributed by atoms with Crippen LogP contribution in [0, 0.1) is 0 Å². The first kappa shape index (κ1) is 9.46. The predicted octanol–water partition coefficient (Wildman–Crippen LogP) is 3.35. The Morgan fingerprint density at radius 3 is 2.42 bits per heavy atom. The van der Waals surface area contributed by atoms with E-state index in [9.17, 15) is 4.79 Å². The van der Waals surface area contributed by atoms with E-state index in [0.29, 0.717) is 0 Å². The van der Waals surface area contributed by atoms with E-state index in [4.69, 9.17) is 0 Å². The fourth-order valence-electron chi connectivity index (χ4n) is 1.16. The number of carbonyl (C=O) groups is 1. The molecule has 0 heterocycles. The summed E-state index contributed by atoms with van der Waals surface area (Å²) in [6, 6.07) is 7.65. The van der Waals surface area contributed by atoms with Gasteiger partial charge in [-0.25, -0.2) is 0 Å². The minimum Gasteiger partial charge on any atom is -0.295 e. The Labute approximate surface area is 80.9 Å². The summed E-state index contributed by atoms with van der Waals surface area (Å²) < 4.78 is 0. The van der Waals surface area contributed by atoms with Crippen LogP contribution in [-0.2, 0) is 0 Å². The van der Waals surface area contributed by atoms with Crippen molar-refractivity contribution in [2.24, 2.45) is 0 Å². The predicted molar refractivity (Wildman–Crippen MR) is 53.8 cm³/mol. The zero-order valence-electron chi connectivity index (χ0n) is 7.17. The molecule has 0 bridgehead atoms. The van der Waals surface area contributed by atoms with E-state index in [2.05, 4.69) is 15.9 Å². The molecule has 12 heavy (non-hydrogen) atoms. The van der Waals surface area contributed by atoms with Gasteiger partial charge in [-0.2, -0.15) is 0 Å². The molecule has 0 aliphatic heterocycles. The Morgan fingerprint density at radius 2 is 2.00 bits per heavy atom. The maximum Gasteiger partial charge on any atom is 0.160 e. The number of hydrogen-bond donors (Lipinski definition) is 0. The summed E-state index contributed by atoms with van der Waals surface area (Å²) in [5.41, 5.74) is 1.87. The van der Waals surface area contributed by atoms with E-state index in [0.717, 1.165) is 11.1 Å². The summed E-state index contributed by atoms with van der Waals surface area (Å²) in [6.45, 7) is 3.61. The first-order valence-corrected chi connectivity index (χ1v) is 4.78. The Balaban J connectivity index is 3.17. The molecule has 1 nitrogen and oxygen atoms in total. The quantitative estimate of drug-likeness (QED) is 0.559. The summed E-state index contributed by atoms with van der Waals surface area (Å²) in [7, 11) is 0. The third-order valence-corrected chi connectivity index (χ3v) is 2.26. The van der Waals surface area contributed by atoms with Gasteiger partial charge < -0.3 is 0 Å². The number of rotatable bonds is 2. The number of halogens is 1. The summed E-state index contributed by atoms with van der Waals surface area (Å²) in [5.74, 6) is 0.122. The number of hydrogen-bond acceptors (Lipinski definition) is 1. The van der Waals surface area contributed by atoms with Crippen molar-refractivity contribution in [1.29, 1.82) is 0 Å². The maximum absolute atomic E-state index is 11.1. The van der Waals surface area contributed by atoms with Gasteiger partial charge in [-0.3, -0.25) is 4.79 Å². The Hall–Kier alpha value is -0.630. The molecule has 2 heteroatoms. The van der Waals surface area contributed by atoms with Gasteiger partial charge in [0.05, 0.1) is 0 Å². The van der Waals surface area contributed by atoms with Gasteiger partial charge in [-0.15, -0.1) is 0 Å². The van der Waals surface area contributed by atoms with Crippen LogP contribution in [0.2, 0.25) is 0 Å². The standard InChI is InChI=1S/C10H11BrO/c1-7(11)9-5-3-4-6-10(9)8(2)12/h3-7H,1-2H3. The van der Waals surface area contributed by atoms with Crippen LogP contribution >= 0.6 is 15.9 Å². The molecule has 1 aromatic carbocycles. The van der Waals surface area contributed by atoms with Crippen LogP contribution in [-0.4, -0.2) is 5.78 Å². The molecule has 0 aliphatic carbocycles. The number of benzene rings is 1. The Morgan fingerprint density at radius 1 is 1.42 bits per heavy atom. The molecule has 0 amide bonds. The Bertz CT molecular complexity index is 292. The van der Waals surface area contributed by atoms with Crippen LogP contribution in [0.3, 0.4) is 0 Å². The van der Waals surface area contributed by atoms with Crippen molar-refractivity contribution in [1.82, 2.24) is 0 Å². The van der Waals surface area contributed by atoms with Gasteiger partial charge in [0, 0.05) is 10.4 Å². The largest absolute Gasteiger partial charge is 0.295 e. The van der Waals surface area contributed by atoms with E-state index in [1.807, 2.05) is 31.2 Å². The summed E-state index contributed by atoms with van der Waals surface area (Å²) >= 11 is 3.45. The van der Waals surface area contributed by atoms with Crippen LogP contribution < -0.4 is 0 Å². The summed E-state index contributed by atoms with van der Waals surface area (Å²) in [6.07, 6.45) is 0. The lowest BCUT2D eigenvalue weighted by atomic mass is 10.0. The topological polar surface area (TPSA) is 17.1 Å². The molecule has 0 spiro atoms. The van der Waals surface area contributed by atoms with Crippen LogP contribution in [0.1, 0.15) is 34.6 Å². The van der Waals surface area contributed by atoms with Crippen molar-refractivity contribution in [2.75, 3.05) is 0 Å². The monoisotopic (exact) mass is 226 g/mol. The lowest BCUT2D eigenvalue weighted by Crippen LogP contribution is -1.98. The van der Waals surface area contributed by atoms with Gasteiger partial charge in [-0.1, -0.05) is 40.2 Å². The molecule has 1 atom stereocenters. The zero-order valence-corrected chi connectivity index (χ0v) is 8.76. The highest BCUT2D eigenvalue weighted by molar-refractivity contribution is 9.09. The molecule has 0 aliphatic rings. The normalized spacial score (nSPS) is 12.6.